The molecule has 2 amide bonds. The Morgan fingerprint density at radius 3 is 3.00 bits per heavy atom. The smallest absolute Gasteiger partial charge is 0.321 e. The van der Waals surface area contributed by atoms with Crippen molar-refractivity contribution in [3.63, 3.8) is 0 Å². The van der Waals surface area contributed by atoms with Crippen LogP contribution in [0.4, 0.5) is 9.93 Å². The fraction of sp³-hybridized carbons (Fsp3) is 0.368. The predicted molar refractivity (Wildman–Crippen MR) is 107 cm³/mol. The van der Waals surface area contributed by atoms with Gasteiger partial charge in [0, 0.05) is 23.3 Å². The molecule has 2 heterocycles. The first-order valence-corrected chi connectivity index (χ1v) is 10.1. The summed E-state index contributed by atoms with van der Waals surface area (Å²) < 4.78 is 11.5. The molecule has 9 heteroatoms. The molecule has 3 aromatic rings. The average Bonchev–Trinajstić information content (AvgIpc) is 3.47. The summed E-state index contributed by atoms with van der Waals surface area (Å²) in [6, 6.07) is 9.60. The third-order valence-corrected chi connectivity index (χ3v) is 5.40. The van der Waals surface area contributed by atoms with Gasteiger partial charge < -0.3 is 10.1 Å². The monoisotopic (exact) mass is 398 g/mol. The molecule has 28 heavy (non-hydrogen) atoms. The molecule has 4 rings (SSSR count). The van der Waals surface area contributed by atoms with E-state index in [0.29, 0.717) is 23.5 Å². The molecule has 0 saturated heterocycles. The lowest BCUT2D eigenvalue weighted by Crippen LogP contribution is -2.28. The van der Waals surface area contributed by atoms with Crippen LogP contribution in [0.1, 0.15) is 37.4 Å². The quantitative estimate of drug-likeness (QED) is 0.658. The third kappa shape index (κ3) is 4.30. The maximum atomic E-state index is 12.2. The number of urea groups is 1. The summed E-state index contributed by atoms with van der Waals surface area (Å²) in [7, 11) is 1.61. The van der Waals surface area contributed by atoms with Gasteiger partial charge in [-0.15, -0.1) is 0 Å². The van der Waals surface area contributed by atoms with Crippen LogP contribution in [0.3, 0.4) is 0 Å². The lowest BCUT2D eigenvalue weighted by atomic mass is 10.2. The van der Waals surface area contributed by atoms with E-state index in [-0.39, 0.29) is 6.03 Å². The zero-order chi connectivity index (χ0) is 19.3. The molecule has 146 valence electrons. The topological polar surface area (TPSA) is 94.0 Å². The number of ether oxygens (including phenoxy) is 1. The highest BCUT2D eigenvalue weighted by Crippen LogP contribution is 2.28. The normalized spacial score (nSPS) is 14.2. The minimum absolute atomic E-state index is 0.330. The molecule has 1 aliphatic rings. The summed E-state index contributed by atoms with van der Waals surface area (Å²) in [5.74, 6) is 1.28. The van der Waals surface area contributed by atoms with Crippen LogP contribution in [0.15, 0.2) is 36.5 Å². The lowest BCUT2D eigenvalue weighted by molar-refractivity contribution is 0.251. The van der Waals surface area contributed by atoms with Crippen molar-refractivity contribution in [2.24, 2.45) is 0 Å². The van der Waals surface area contributed by atoms with Crippen molar-refractivity contribution in [1.82, 2.24) is 24.5 Å². The zero-order valence-electron chi connectivity index (χ0n) is 15.6. The standard InChI is InChI=1S/C19H22N6O2S/c1-27-16-8-4-5-13(11-16)17-21-19(28-24-17)22-18(26)20-12-14-9-10-25(23-14)15-6-2-3-7-15/h4-5,8-11,15H,2-3,6-7,12H2,1H3,(H2,20,21,22,24,26). The van der Waals surface area contributed by atoms with Gasteiger partial charge in [-0.25, -0.2) is 4.79 Å². The van der Waals surface area contributed by atoms with Gasteiger partial charge in [0.1, 0.15) is 5.75 Å². The van der Waals surface area contributed by atoms with E-state index < -0.39 is 0 Å². The molecule has 1 aliphatic carbocycles. The van der Waals surface area contributed by atoms with Crippen molar-refractivity contribution in [1.29, 1.82) is 0 Å². The molecule has 0 radical (unpaired) electrons. The summed E-state index contributed by atoms with van der Waals surface area (Å²) in [5, 5.41) is 10.5. The van der Waals surface area contributed by atoms with Crippen LogP contribution in [0.5, 0.6) is 5.75 Å². The summed E-state index contributed by atoms with van der Waals surface area (Å²) in [4.78, 5) is 16.5. The largest absolute Gasteiger partial charge is 0.497 e. The molecule has 1 aromatic carbocycles. The predicted octanol–water partition coefficient (Wildman–Crippen LogP) is 3.85. The molecule has 2 aromatic heterocycles. The molecule has 8 nitrogen and oxygen atoms in total. The minimum atomic E-state index is -0.330. The van der Waals surface area contributed by atoms with E-state index in [9.17, 15) is 4.79 Å². The van der Waals surface area contributed by atoms with E-state index in [1.807, 2.05) is 41.2 Å². The van der Waals surface area contributed by atoms with E-state index in [2.05, 4.69) is 25.1 Å². The number of amides is 2. The molecule has 0 atom stereocenters. The second kappa shape index (κ2) is 8.39. The number of carbonyl (C=O) groups is 1. The molecular weight excluding hydrogens is 376 g/mol. The maximum absolute atomic E-state index is 12.2. The van der Waals surface area contributed by atoms with E-state index in [0.717, 1.165) is 28.5 Å². The number of nitrogens with one attached hydrogen (secondary N) is 2. The summed E-state index contributed by atoms with van der Waals surface area (Å²) >= 11 is 1.14. The van der Waals surface area contributed by atoms with Crippen LogP contribution in [-0.2, 0) is 6.54 Å². The Kier molecular flexibility index (Phi) is 5.52. The highest BCUT2D eigenvalue weighted by Gasteiger charge is 2.17. The van der Waals surface area contributed by atoms with Gasteiger partial charge in [0.05, 0.1) is 25.4 Å². The number of hydrogen-bond acceptors (Lipinski definition) is 6. The Balaban J connectivity index is 1.31. The van der Waals surface area contributed by atoms with Crippen molar-refractivity contribution in [3.8, 4) is 17.1 Å². The molecule has 1 saturated carbocycles. The van der Waals surface area contributed by atoms with Crippen molar-refractivity contribution in [3.05, 3.63) is 42.2 Å². The molecular formula is C19H22N6O2S. The zero-order valence-corrected chi connectivity index (χ0v) is 16.4. The SMILES string of the molecule is COc1cccc(-c2nsc(NC(=O)NCc3ccn(C4CCCC4)n3)n2)c1. The van der Waals surface area contributed by atoms with Crippen LogP contribution in [-0.4, -0.2) is 32.3 Å². The van der Waals surface area contributed by atoms with Gasteiger partial charge in [0.15, 0.2) is 5.82 Å². The third-order valence-electron chi connectivity index (χ3n) is 4.77. The van der Waals surface area contributed by atoms with Gasteiger partial charge in [-0.05, 0) is 31.0 Å². The molecule has 0 aliphatic heterocycles. The second-order valence-electron chi connectivity index (χ2n) is 6.69. The van der Waals surface area contributed by atoms with Gasteiger partial charge in [-0.3, -0.25) is 10.00 Å². The maximum Gasteiger partial charge on any atom is 0.321 e. The number of rotatable bonds is 6. The van der Waals surface area contributed by atoms with E-state index in [1.165, 1.54) is 25.7 Å². The van der Waals surface area contributed by atoms with Crippen molar-refractivity contribution < 1.29 is 9.53 Å². The number of benzene rings is 1. The molecule has 1 fully saturated rings. The number of nitrogens with zero attached hydrogens (tertiary/aromatic N) is 4. The van der Waals surface area contributed by atoms with Gasteiger partial charge in [-0.1, -0.05) is 25.0 Å². The molecule has 0 spiro atoms. The number of hydrogen-bond donors (Lipinski definition) is 2. The Labute approximate surface area is 167 Å². The van der Waals surface area contributed by atoms with E-state index in [1.54, 1.807) is 7.11 Å². The van der Waals surface area contributed by atoms with Crippen LogP contribution < -0.4 is 15.4 Å². The highest BCUT2D eigenvalue weighted by atomic mass is 32.1. The molecule has 0 unspecified atom stereocenters. The summed E-state index contributed by atoms with van der Waals surface area (Å²) in [5.41, 5.74) is 1.68. The van der Waals surface area contributed by atoms with E-state index >= 15 is 0 Å². The van der Waals surface area contributed by atoms with Gasteiger partial charge >= 0.3 is 6.03 Å². The summed E-state index contributed by atoms with van der Waals surface area (Å²) in [6.45, 7) is 0.368. The number of anilines is 1. The number of aromatic nitrogens is 4. The van der Waals surface area contributed by atoms with Crippen molar-refractivity contribution >= 4 is 22.7 Å². The van der Waals surface area contributed by atoms with Crippen LogP contribution in [0, 0.1) is 0 Å². The van der Waals surface area contributed by atoms with Gasteiger partial charge in [0.25, 0.3) is 0 Å². The Morgan fingerprint density at radius 1 is 1.32 bits per heavy atom. The van der Waals surface area contributed by atoms with Gasteiger partial charge in [-0.2, -0.15) is 14.5 Å². The Bertz CT molecular complexity index is 947. The molecule has 0 bridgehead atoms. The molecule has 2 N–H and O–H groups in total. The first kappa shape index (κ1) is 18.4. The fourth-order valence-electron chi connectivity index (χ4n) is 3.31. The Morgan fingerprint density at radius 2 is 2.18 bits per heavy atom. The summed E-state index contributed by atoms with van der Waals surface area (Å²) in [6.07, 6.45) is 6.89. The minimum Gasteiger partial charge on any atom is -0.497 e. The number of methoxy groups -OCH3 is 1. The number of carbonyl (C=O) groups excluding carboxylic acids is 1. The Hall–Kier alpha value is -2.94. The van der Waals surface area contributed by atoms with E-state index in [4.69, 9.17) is 4.74 Å². The van der Waals surface area contributed by atoms with Gasteiger partial charge in [0.2, 0.25) is 5.13 Å². The van der Waals surface area contributed by atoms with Crippen LogP contribution >= 0.6 is 11.5 Å². The fourth-order valence-corrected chi connectivity index (χ4v) is 3.89. The van der Waals surface area contributed by atoms with Crippen LogP contribution in [0.25, 0.3) is 11.4 Å². The van der Waals surface area contributed by atoms with Crippen molar-refractivity contribution in [2.75, 3.05) is 12.4 Å². The van der Waals surface area contributed by atoms with Crippen LogP contribution in [0.2, 0.25) is 0 Å². The second-order valence-corrected chi connectivity index (χ2v) is 7.44. The first-order chi connectivity index (χ1) is 13.7. The highest BCUT2D eigenvalue weighted by molar-refractivity contribution is 7.10. The average molecular weight is 398 g/mol. The van der Waals surface area contributed by atoms with Crippen molar-refractivity contribution in [2.45, 2.75) is 38.3 Å². The lowest BCUT2D eigenvalue weighted by Gasteiger charge is -2.09. The first-order valence-electron chi connectivity index (χ1n) is 9.28.